The monoisotopic (exact) mass is 338 g/mol. The van der Waals surface area contributed by atoms with Gasteiger partial charge >= 0.3 is 0 Å². The van der Waals surface area contributed by atoms with E-state index in [1.807, 2.05) is 40.8 Å². The first-order valence-corrected chi connectivity index (χ1v) is 8.75. The lowest BCUT2D eigenvalue weighted by Crippen LogP contribution is -2.39. The zero-order valence-corrected chi connectivity index (χ0v) is 14.6. The minimum atomic E-state index is 0.114. The van der Waals surface area contributed by atoms with Crippen LogP contribution >= 0.6 is 0 Å². The number of hydrogen-bond acceptors (Lipinski definition) is 4. The molecular weight excluding hydrogens is 316 g/mol. The van der Waals surface area contributed by atoms with Crippen LogP contribution in [0.4, 0.5) is 0 Å². The maximum Gasteiger partial charge on any atom is 0.229 e. The molecule has 0 aliphatic carbocycles. The Labute approximate surface area is 146 Å². The molecule has 4 rings (SSSR count). The Kier molecular flexibility index (Phi) is 4.03. The van der Waals surface area contributed by atoms with E-state index < -0.39 is 0 Å². The second kappa shape index (κ2) is 6.35. The van der Waals surface area contributed by atoms with Gasteiger partial charge in [-0.05, 0) is 44.9 Å². The van der Waals surface area contributed by atoms with Gasteiger partial charge in [0, 0.05) is 17.6 Å². The largest absolute Gasteiger partial charge is 0.356 e. The predicted molar refractivity (Wildman–Crippen MR) is 94.1 cm³/mol. The van der Waals surface area contributed by atoms with Crippen LogP contribution in [0.1, 0.15) is 29.9 Å². The topological polar surface area (TPSA) is 64.2 Å². The number of benzene rings is 1. The fraction of sp³-hybridized carbons (Fsp3) is 0.421. The fourth-order valence-corrected chi connectivity index (χ4v) is 3.72. The first-order chi connectivity index (χ1) is 12.1. The summed E-state index contributed by atoms with van der Waals surface area (Å²) < 4.78 is 7.33. The zero-order valence-electron chi connectivity index (χ0n) is 14.6. The van der Waals surface area contributed by atoms with Crippen molar-refractivity contribution in [2.24, 2.45) is 0 Å². The minimum absolute atomic E-state index is 0.114. The number of likely N-dealkylation sites (tertiary alicyclic amines) is 1. The summed E-state index contributed by atoms with van der Waals surface area (Å²) >= 11 is 0. The smallest absolute Gasteiger partial charge is 0.229 e. The molecular formula is C19H22N4O2. The number of fused-ring (bicyclic) bond motifs is 1. The SMILES string of the molecule is Cc1cc(C)n(CC2CCCN2C(=O)Cc2noc3ccccc23)n1. The molecule has 0 radical (unpaired) electrons. The van der Waals surface area contributed by atoms with Crippen molar-refractivity contribution in [3.05, 3.63) is 47.4 Å². The van der Waals surface area contributed by atoms with Crippen molar-refractivity contribution < 1.29 is 9.32 Å². The van der Waals surface area contributed by atoms with Gasteiger partial charge < -0.3 is 9.42 Å². The van der Waals surface area contributed by atoms with Crippen molar-refractivity contribution >= 4 is 16.9 Å². The van der Waals surface area contributed by atoms with Crippen molar-refractivity contribution in [1.82, 2.24) is 19.8 Å². The Hall–Kier alpha value is -2.63. The highest BCUT2D eigenvalue weighted by molar-refractivity contribution is 5.86. The molecule has 0 bridgehead atoms. The Morgan fingerprint density at radius 2 is 2.16 bits per heavy atom. The number of carbonyl (C=O) groups is 1. The van der Waals surface area contributed by atoms with E-state index in [1.165, 1.54) is 0 Å². The van der Waals surface area contributed by atoms with Gasteiger partial charge in [-0.15, -0.1) is 0 Å². The lowest BCUT2D eigenvalue weighted by Gasteiger charge is -2.25. The fourth-order valence-electron chi connectivity index (χ4n) is 3.72. The number of hydrogen-bond donors (Lipinski definition) is 0. The number of nitrogens with zero attached hydrogens (tertiary/aromatic N) is 4. The van der Waals surface area contributed by atoms with Crippen LogP contribution in [0.3, 0.4) is 0 Å². The summed E-state index contributed by atoms with van der Waals surface area (Å²) in [5.41, 5.74) is 3.60. The van der Waals surface area contributed by atoms with E-state index >= 15 is 0 Å². The molecule has 3 heterocycles. The lowest BCUT2D eigenvalue weighted by atomic mass is 10.1. The zero-order chi connectivity index (χ0) is 17.4. The molecule has 1 unspecified atom stereocenters. The molecule has 130 valence electrons. The average Bonchev–Trinajstić information content (AvgIpc) is 3.28. The quantitative estimate of drug-likeness (QED) is 0.734. The first kappa shape index (κ1) is 15.9. The molecule has 1 amide bonds. The molecule has 1 atom stereocenters. The maximum absolute atomic E-state index is 12.9. The molecule has 0 spiro atoms. The van der Waals surface area contributed by atoms with Crippen LogP contribution in [0.25, 0.3) is 11.0 Å². The van der Waals surface area contributed by atoms with Gasteiger partial charge in [0.15, 0.2) is 5.58 Å². The van der Waals surface area contributed by atoms with Gasteiger partial charge in [-0.1, -0.05) is 17.3 Å². The van der Waals surface area contributed by atoms with E-state index in [2.05, 4.69) is 23.2 Å². The van der Waals surface area contributed by atoms with E-state index in [-0.39, 0.29) is 18.4 Å². The van der Waals surface area contributed by atoms with Gasteiger partial charge in [-0.3, -0.25) is 9.48 Å². The summed E-state index contributed by atoms with van der Waals surface area (Å²) in [6.45, 7) is 5.61. The lowest BCUT2D eigenvalue weighted by molar-refractivity contribution is -0.131. The van der Waals surface area contributed by atoms with Crippen LogP contribution in [0.15, 0.2) is 34.9 Å². The second-order valence-corrected chi connectivity index (χ2v) is 6.79. The molecule has 1 aromatic carbocycles. The average molecular weight is 338 g/mol. The van der Waals surface area contributed by atoms with Crippen LogP contribution in [0.2, 0.25) is 0 Å². The van der Waals surface area contributed by atoms with Crippen molar-refractivity contribution in [2.75, 3.05) is 6.54 Å². The first-order valence-electron chi connectivity index (χ1n) is 8.75. The second-order valence-electron chi connectivity index (χ2n) is 6.79. The highest BCUT2D eigenvalue weighted by atomic mass is 16.5. The van der Waals surface area contributed by atoms with Gasteiger partial charge in [0.25, 0.3) is 0 Å². The third kappa shape index (κ3) is 3.04. The molecule has 6 heteroatoms. The molecule has 1 aliphatic rings. The number of aromatic nitrogens is 3. The molecule has 2 aromatic heterocycles. The molecule has 1 aliphatic heterocycles. The van der Waals surface area contributed by atoms with Crippen LogP contribution in [0, 0.1) is 13.8 Å². The Morgan fingerprint density at radius 1 is 1.32 bits per heavy atom. The minimum Gasteiger partial charge on any atom is -0.356 e. The van der Waals surface area contributed by atoms with Crippen LogP contribution in [-0.4, -0.2) is 38.3 Å². The predicted octanol–water partition coefficient (Wildman–Crippen LogP) is 2.87. The van der Waals surface area contributed by atoms with Gasteiger partial charge in [-0.25, -0.2) is 0 Å². The van der Waals surface area contributed by atoms with Gasteiger partial charge in [0.1, 0.15) is 5.69 Å². The van der Waals surface area contributed by atoms with Crippen molar-refractivity contribution in [3.8, 4) is 0 Å². The summed E-state index contributed by atoms with van der Waals surface area (Å²) in [5, 5.41) is 9.55. The standard InChI is InChI=1S/C19H22N4O2/c1-13-10-14(2)23(20-13)12-15-6-5-9-22(15)19(24)11-17-16-7-3-4-8-18(16)25-21-17/h3-4,7-8,10,15H,5-6,9,11-12H2,1-2H3. The van der Waals surface area contributed by atoms with Crippen molar-refractivity contribution in [2.45, 2.75) is 45.7 Å². The summed E-state index contributed by atoms with van der Waals surface area (Å²) in [4.78, 5) is 14.8. The summed E-state index contributed by atoms with van der Waals surface area (Å²) in [6, 6.07) is 9.94. The summed E-state index contributed by atoms with van der Waals surface area (Å²) in [6.07, 6.45) is 2.34. The van der Waals surface area contributed by atoms with E-state index in [1.54, 1.807) is 0 Å². The Balaban J connectivity index is 1.50. The maximum atomic E-state index is 12.9. The van der Waals surface area contributed by atoms with Gasteiger partial charge in [0.2, 0.25) is 5.91 Å². The van der Waals surface area contributed by atoms with E-state index in [0.29, 0.717) is 0 Å². The Bertz CT molecular complexity index is 911. The molecule has 3 aromatic rings. The van der Waals surface area contributed by atoms with Crippen LogP contribution in [0.5, 0.6) is 0 Å². The molecule has 0 saturated carbocycles. The van der Waals surface area contributed by atoms with E-state index in [9.17, 15) is 4.79 Å². The van der Waals surface area contributed by atoms with Gasteiger partial charge in [-0.2, -0.15) is 5.10 Å². The number of amides is 1. The van der Waals surface area contributed by atoms with Crippen LogP contribution in [-0.2, 0) is 17.8 Å². The summed E-state index contributed by atoms with van der Waals surface area (Å²) in [5.74, 6) is 0.114. The van der Waals surface area contributed by atoms with Crippen molar-refractivity contribution in [1.29, 1.82) is 0 Å². The molecule has 0 N–H and O–H groups in total. The third-order valence-electron chi connectivity index (χ3n) is 4.96. The number of para-hydroxylation sites is 1. The number of rotatable bonds is 4. The molecule has 6 nitrogen and oxygen atoms in total. The van der Waals surface area contributed by atoms with E-state index in [0.717, 1.165) is 54.0 Å². The normalized spacial score (nSPS) is 17.5. The summed E-state index contributed by atoms with van der Waals surface area (Å²) in [7, 11) is 0. The molecule has 1 fully saturated rings. The molecule has 25 heavy (non-hydrogen) atoms. The third-order valence-corrected chi connectivity index (χ3v) is 4.96. The number of aryl methyl sites for hydroxylation is 2. The Morgan fingerprint density at radius 3 is 2.96 bits per heavy atom. The number of carbonyl (C=O) groups excluding carboxylic acids is 1. The highest BCUT2D eigenvalue weighted by Crippen LogP contribution is 2.23. The van der Waals surface area contributed by atoms with Gasteiger partial charge in [0.05, 0.1) is 24.7 Å². The molecule has 1 saturated heterocycles. The highest BCUT2D eigenvalue weighted by Gasteiger charge is 2.30. The van der Waals surface area contributed by atoms with E-state index in [4.69, 9.17) is 4.52 Å². The van der Waals surface area contributed by atoms with Crippen LogP contribution < -0.4 is 0 Å². The van der Waals surface area contributed by atoms with Crippen molar-refractivity contribution in [3.63, 3.8) is 0 Å².